The lowest BCUT2D eigenvalue weighted by molar-refractivity contribution is 0.0971. The first-order chi connectivity index (χ1) is 15.1. The van der Waals surface area contributed by atoms with E-state index in [1.807, 2.05) is 12.1 Å². The molecule has 3 rings (SSSR count). The summed E-state index contributed by atoms with van der Waals surface area (Å²) < 4.78 is 0. The van der Waals surface area contributed by atoms with Crippen LogP contribution in [0.15, 0.2) is 36.4 Å². The van der Waals surface area contributed by atoms with Crippen molar-refractivity contribution in [2.24, 2.45) is 0 Å². The number of hydrogen-bond acceptors (Lipinski definition) is 2. The van der Waals surface area contributed by atoms with Gasteiger partial charge in [0.25, 0.3) is 0 Å². The Morgan fingerprint density at radius 3 is 1.45 bits per heavy atom. The summed E-state index contributed by atoms with van der Waals surface area (Å²) in [7, 11) is 0. The second-order valence-corrected chi connectivity index (χ2v) is 9.10. The number of rotatable bonds is 14. The Bertz CT molecular complexity index is 820. The maximum atomic E-state index is 12.6. The van der Waals surface area contributed by atoms with Crippen molar-refractivity contribution in [2.75, 3.05) is 0 Å². The molecule has 2 heteroatoms. The minimum atomic E-state index is 0.259. The summed E-state index contributed by atoms with van der Waals surface area (Å²) in [6, 6.07) is 12.3. The first kappa shape index (κ1) is 23.4. The zero-order valence-corrected chi connectivity index (χ0v) is 19.5. The van der Waals surface area contributed by atoms with Gasteiger partial charge >= 0.3 is 0 Å². The molecule has 0 N–H and O–H groups in total. The molecule has 0 unspecified atom stereocenters. The molecular formula is C29H38O2. The van der Waals surface area contributed by atoms with E-state index < -0.39 is 0 Å². The van der Waals surface area contributed by atoms with Crippen molar-refractivity contribution in [2.45, 2.75) is 97.3 Å². The van der Waals surface area contributed by atoms with Gasteiger partial charge in [0.1, 0.15) is 0 Å². The van der Waals surface area contributed by atoms with Crippen molar-refractivity contribution in [3.05, 3.63) is 58.7 Å². The van der Waals surface area contributed by atoms with E-state index in [4.69, 9.17) is 0 Å². The van der Waals surface area contributed by atoms with Gasteiger partial charge in [0, 0.05) is 24.0 Å². The third kappa shape index (κ3) is 6.38. The molecule has 0 atom stereocenters. The van der Waals surface area contributed by atoms with Crippen LogP contribution in [-0.2, 0) is 6.42 Å². The molecule has 0 saturated carbocycles. The smallest absolute Gasteiger partial charge is 0.162 e. The zero-order chi connectivity index (χ0) is 22.1. The number of ketones is 2. The monoisotopic (exact) mass is 418 g/mol. The molecule has 1 aliphatic rings. The first-order valence-electron chi connectivity index (χ1n) is 12.5. The van der Waals surface area contributed by atoms with Gasteiger partial charge in [-0.25, -0.2) is 0 Å². The second-order valence-electron chi connectivity index (χ2n) is 9.10. The van der Waals surface area contributed by atoms with Crippen molar-refractivity contribution >= 4 is 11.6 Å². The highest BCUT2D eigenvalue weighted by molar-refractivity contribution is 5.99. The molecule has 0 bridgehead atoms. The van der Waals surface area contributed by atoms with Crippen LogP contribution in [0, 0.1) is 0 Å². The van der Waals surface area contributed by atoms with Gasteiger partial charge < -0.3 is 0 Å². The molecule has 31 heavy (non-hydrogen) atoms. The highest BCUT2D eigenvalue weighted by atomic mass is 16.1. The number of benzene rings is 2. The molecule has 0 saturated heterocycles. The SMILES string of the molecule is CCCCCCCC(=O)c1ccc2c(c1)Cc1cc(C(=O)CCCCCCC)ccc1-2. The number of carbonyl (C=O) groups excluding carboxylic acids is 2. The summed E-state index contributed by atoms with van der Waals surface area (Å²) in [6.45, 7) is 4.42. The first-order valence-corrected chi connectivity index (χ1v) is 12.5. The Kier molecular flexibility index (Phi) is 9.06. The summed E-state index contributed by atoms with van der Waals surface area (Å²) >= 11 is 0. The zero-order valence-electron chi connectivity index (χ0n) is 19.5. The predicted octanol–water partition coefficient (Wildman–Crippen LogP) is 8.34. The Morgan fingerprint density at radius 1 is 0.613 bits per heavy atom. The molecule has 2 aromatic rings. The van der Waals surface area contributed by atoms with Gasteiger partial charge in [-0.1, -0.05) is 89.5 Å². The minimum Gasteiger partial charge on any atom is -0.294 e. The van der Waals surface area contributed by atoms with Crippen LogP contribution in [0.3, 0.4) is 0 Å². The van der Waals surface area contributed by atoms with Gasteiger partial charge in [0.15, 0.2) is 11.6 Å². The maximum Gasteiger partial charge on any atom is 0.162 e. The average Bonchev–Trinajstić information content (AvgIpc) is 3.15. The van der Waals surface area contributed by atoms with Gasteiger partial charge in [0.05, 0.1) is 0 Å². The van der Waals surface area contributed by atoms with Gasteiger partial charge in [-0.15, -0.1) is 0 Å². The van der Waals surface area contributed by atoms with Crippen LogP contribution >= 0.6 is 0 Å². The van der Waals surface area contributed by atoms with Gasteiger partial charge in [-0.3, -0.25) is 9.59 Å². The number of carbonyl (C=O) groups is 2. The Labute approximate surface area is 188 Å². The lowest BCUT2D eigenvalue weighted by Crippen LogP contribution is -2.00. The Hall–Kier alpha value is -2.22. The maximum absolute atomic E-state index is 12.6. The number of Topliss-reactive ketones (excluding diaryl/α,β-unsaturated/α-hetero) is 2. The van der Waals surface area contributed by atoms with Crippen molar-refractivity contribution in [3.63, 3.8) is 0 Å². The molecule has 166 valence electrons. The van der Waals surface area contributed by atoms with Crippen LogP contribution in [-0.4, -0.2) is 11.6 Å². The Morgan fingerprint density at radius 2 is 1.03 bits per heavy atom. The molecular weight excluding hydrogens is 380 g/mol. The fraction of sp³-hybridized carbons (Fsp3) is 0.517. The highest BCUT2D eigenvalue weighted by Crippen LogP contribution is 2.38. The molecule has 0 heterocycles. The molecule has 1 aliphatic carbocycles. The van der Waals surface area contributed by atoms with E-state index in [9.17, 15) is 9.59 Å². The number of hydrogen-bond donors (Lipinski definition) is 0. The molecule has 0 spiro atoms. The topological polar surface area (TPSA) is 34.1 Å². The minimum absolute atomic E-state index is 0.259. The highest BCUT2D eigenvalue weighted by Gasteiger charge is 2.21. The molecule has 0 radical (unpaired) electrons. The van der Waals surface area contributed by atoms with Crippen molar-refractivity contribution < 1.29 is 9.59 Å². The van der Waals surface area contributed by atoms with E-state index in [2.05, 4.69) is 38.1 Å². The fourth-order valence-electron chi connectivity index (χ4n) is 4.62. The van der Waals surface area contributed by atoms with Crippen LogP contribution in [0.4, 0.5) is 0 Å². The standard InChI is InChI=1S/C29H38O2/c1-3-5-7-9-11-13-28(30)22-15-17-26-24(19-22)21-25-20-23(16-18-27(25)26)29(31)14-12-10-8-6-4-2/h15-20H,3-14,21H2,1-2H3. The summed E-state index contributed by atoms with van der Waals surface area (Å²) in [4.78, 5) is 25.2. The van der Waals surface area contributed by atoms with Crippen molar-refractivity contribution in [1.29, 1.82) is 0 Å². The summed E-state index contributed by atoms with van der Waals surface area (Å²) in [5.41, 5.74) is 6.55. The largest absolute Gasteiger partial charge is 0.294 e. The van der Waals surface area contributed by atoms with Crippen molar-refractivity contribution in [3.8, 4) is 11.1 Å². The van der Waals surface area contributed by atoms with Crippen LogP contribution in [0.25, 0.3) is 11.1 Å². The van der Waals surface area contributed by atoms with Gasteiger partial charge in [-0.2, -0.15) is 0 Å². The quantitative estimate of drug-likeness (QED) is 0.195. The molecule has 2 aromatic carbocycles. The van der Waals surface area contributed by atoms with Gasteiger partial charge in [0.2, 0.25) is 0 Å². The van der Waals surface area contributed by atoms with E-state index in [1.54, 1.807) is 0 Å². The summed E-state index contributed by atoms with van der Waals surface area (Å²) in [6.07, 6.45) is 13.8. The third-order valence-corrected chi connectivity index (χ3v) is 6.54. The number of fused-ring (bicyclic) bond motifs is 3. The molecule has 0 aromatic heterocycles. The lowest BCUT2D eigenvalue weighted by atomic mass is 9.98. The van der Waals surface area contributed by atoms with E-state index in [1.165, 1.54) is 60.8 Å². The molecule has 0 amide bonds. The summed E-state index contributed by atoms with van der Waals surface area (Å²) in [5.74, 6) is 0.517. The second kappa shape index (κ2) is 12.0. The summed E-state index contributed by atoms with van der Waals surface area (Å²) in [5, 5.41) is 0. The fourth-order valence-corrected chi connectivity index (χ4v) is 4.62. The normalized spacial score (nSPS) is 11.9. The van der Waals surface area contributed by atoms with Crippen LogP contribution in [0.5, 0.6) is 0 Å². The third-order valence-electron chi connectivity index (χ3n) is 6.54. The van der Waals surface area contributed by atoms with Crippen LogP contribution in [0.2, 0.25) is 0 Å². The van der Waals surface area contributed by atoms with Crippen LogP contribution in [0.1, 0.15) is 123 Å². The van der Waals surface area contributed by atoms with E-state index >= 15 is 0 Å². The average molecular weight is 419 g/mol. The van der Waals surface area contributed by atoms with E-state index in [0.29, 0.717) is 12.8 Å². The molecule has 0 aliphatic heterocycles. The molecule has 2 nitrogen and oxygen atoms in total. The molecule has 0 fully saturated rings. The van der Waals surface area contributed by atoms with Gasteiger partial charge in [-0.05, 0) is 53.6 Å². The van der Waals surface area contributed by atoms with E-state index in [-0.39, 0.29) is 11.6 Å². The Balaban J connectivity index is 1.58. The predicted molar refractivity (Wildman–Crippen MR) is 130 cm³/mol. The van der Waals surface area contributed by atoms with E-state index in [0.717, 1.165) is 43.2 Å². The van der Waals surface area contributed by atoms with Crippen molar-refractivity contribution in [1.82, 2.24) is 0 Å². The lowest BCUT2D eigenvalue weighted by Gasteiger charge is -2.06. The van der Waals surface area contributed by atoms with Crippen LogP contribution < -0.4 is 0 Å². The number of unbranched alkanes of at least 4 members (excludes halogenated alkanes) is 8.